The molecule has 47 heavy (non-hydrogen) atoms. The van der Waals surface area contributed by atoms with Crippen molar-refractivity contribution in [2.45, 2.75) is 59.2 Å². The average molecular weight is 704 g/mol. The predicted octanol–water partition coefficient (Wildman–Crippen LogP) is 5.45. The number of likely N-dealkylation sites (tertiary alicyclic amines) is 1. The van der Waals surface area contributed by atoms with Crippen molar-refractivity contribution >= 4 is 66.8 Å². The number of likely N-dealkylation sites (N-methyl/N-ethyl adjacent to an activating group) is 2. The smallest absolute Gasteiger partial charge is 0.318 e. The lowest BCUT2D eigenvalue weighted by Gasteiger charge is -2.31. The Hall–Kier alpha value is -3.21. The average Bonchev–Trinajstić information content (AvgIpc) is 3.43. The molecule has 3 heterocycles. The number of carbonyl (C=O) groups is 1. The molecule has 10 nitrogen and oxygen atoms in total. The van der Waals surface area contributed by atoms with Crippen molar-refractivity contribution in [2.75, 3.05) is 57.1 Å². The number of aliphatic hydroxyl groups excluding tert-OH is 1. The molecule has 5 rings (SSSR count). The molecule has 1 fully saturated rings. The number of anilines is 2. The molecule has 0 bridgehead atoms. The molecule has 0 aliphatic carbocycles. The van der Waals surface area contributed by atoms with E-state index in [0.29, 0.717) is 44.1 Å². The molecule has 13 heteroatoms. The summed E-state index contributed by atoms with van der Waals surface area (Å²) in [4.78, 5) is 30.1. The van der Waals surface area contributed by atoms with Crippen LogP contribution in [0.1, 0.15) is 45.4 Å². The minimum Gasteiger partial charge on any atom is -0.462 e. The first kappa shape index (κ1) is 41.8. The lowest BCUT2D eigenvalue weighted by molar-refractivity contribution is -0.127. The highest BCUT2D eigenvalue weighted by atomic mass is 35.5. The normalized spacial score (nSPS) is 16.0. The van der Waals surface area contributed by atoms with Crippen LogP contribution < -0.4 is 15.4 Å². The van der Waals surface area contributed by atoms with Crippen LogP contribution in [0.5, 0.6) is 6.01 Å². The Kier molecular flexibility index (Phi) is 18.0. The van der Waals surface area contributed by atoms with Crippen molar-refractivity contribution in [1.82, 2.24) is 19.8 Å². The highest BCUT2D eigenvalue weighted by molar-refractivity contribution is 7.59. The van der Waals surface area contributed by atoms with Gasteiger partial charge in [0.05, 0.1) is 23.9 Å². The fraction of sp³-hybridized carbons (Fsp3) is 0.471. The van der Waals surface area contributed by atoms with E-state index in [4.69, 9.17) is 38.7 Å². The van der Waals surface area contributed by atoms with Crippen molar-refractivity contribution in [3.63, 3.8) is 0 Å². The summed E-state index contributed by atoms with van der Waals surface area (Å²) in [5.74, 6) is 0.378. The third-order valence-corrected chi connectivity index (χ3v) is 8.52. The van der Waals surface area contributed by atoms with Crippen LogP contribution in [-0.4, -0.2) is 89.3 Å². The molecule has 2 aromatic carbocycles. The van der Waals surface area contributed by atoms with Crippen LogP contribution in [0.3, 0.4) is 0 Å². The Morgan fingerprint density at radius 3 is 2.62 bits per heavy atom. The maximum atomic E-state index is 11.5. The second kappa shape index (κ2) is 20.2. The van der Waals surface area contributed by atoms with Crippen LogP contribution in [-0.2, 0) is 17.8 Å². The third-order valence-electron chi connectivity index (χ3n) is 8.20. The molecule has 2 aliphatic rings. The summed E-state index contributed by atoms with van der Waals surface area (Å²) in [6.07, 6.45) is 5.89. The van der Waals surface area contributed by atoms with Crippen molar-refractivity contribution in [3.05, 3.63) is 76.2 Å². The molecule has 1 amide bonds. The Bertz CT molecular complexity index is 1520. The van der Waals surface area contributed by atoms with Gasteiger partial charge in [-0.05, 0) is 64.2 Å². The van der Waals surface area contributed by atoms with Gasteiger partial charge in [-0.2, -0.15) is 37.0 Å². The molecule has 3 N–H and O–H groups in total. The number of fused-ring (bicyclic) bond motifs is 2. The number of rotatable bonds is 9. The van der Waals surface area contributed by atoms with Crippen molar-refractivity contribution in [2.24, 2.45) is 0 Å². The molecule has 2 atom stereocenters. The number of nitrogens with two attached hydrogens (primary N) is 1. The van der Waals surface area contributed by atoms with E-state index in [9.17, 15) is 4.79 Å². The zero-order valence-corrected chi connectivity index (χ0v) is 29.5. The van der Waals surface area contributed by atoms with Gasteiger partial charge in [-0.1, -0.05) is 49.4 Å². The van der Waals surface area contributed by atoms with E-state index in [-0.39, 0.29) is 53.0 Å². The van der Waals surface area contributed by atoms with Crippen LogP contribution >= 0.6 is 38.6 Å². The van der Waals surface area contributed by atoms with Gasteiger partial charge in [-0.15, -0.1) is 0 Å². The highest BCUT2D eigenvalue weighted by Gasteiger charge is 2.25. The van der Waals surface area contributed by atoms with E-state index >= 15 is 0 Å². The quantitative estimate of drug-likeness (QED) is 0.224. The fourth-order valence-corrected chi connectivity index (χ4v) is 6.05. The number of nitrogens with zero attached hydrogens (tertiary/aromatic N) is 6. The predicted molar refractivity (Wildman–Crippen MR) is 203 cm³/mol. The zero-order chi connectivity index (χ0) is 31.6. The van der Waals surface area contributed by atoms with Crippen LogP contribution in [0.25, 0.3) is 15.6 Å². The van der Waals surface area contributed by atoms with Gasteiger partial charge in [-0.25, -0.2) is 6.57 Å². The third kappa shape index (κ3) is 10.6. The standard InChI is InChI=1S/C23H26ClN5O.C10H16N2O2.CH4.2H2S/c1-28-11-4-7-16(28)14-30-23-26-19-13-29(12-10-17(19)22(25)27-23)20-9-3-6-15-5-2-8-18(24)21(15)20;1-4-12(9(2)8-11-3)10(14)6-5-7-13;;;/h2-3,5-6,8-9,16H,4,7,10-14H2,1H3,(H2,25,26,27);5-6,9,13H,4,7-8H2,1-2H3;1H4;2*1H2/b;6-5+;;;/t16-;9-;;;/m01.../s1. The number of benzene rings is 2. The number of hydrogen-bond acceptors (Lipinski definition) is 8. The van der Waals surface area contributed by atoms with Gasteiger partial charge < -0.3 is 35.1 Å². The molecule has 0 saturated carbocycles. The highest BCUT2D eigenvalue weighted by Crippen LogP contribution is 2.36. The SMILES string of the molecule is C.CN1CCC[C@H]1COc1nc(N)c2c(n1)CN(c1cccc3cccc(Cl)c13)CC2.S.S.[C-]#[N+]C[C@@H](C)N(CC)C(=O)/C=C/CO. The van der Waals surface area contributed by atoms with E-state index < -0.39 is 0 Å². The summed E-state index contributed by atoms with van der Waals surface area (Å²) in [5.41, 5.74) is 9.36. The van der Waals surface area contributed by atoms with Crippen LogP contribution in [0.2, 0.25) is 5.02 Å². The molecule has 258 valence electrons. The van der Waals surface area contributed by atoms with E-state index in [1.54, 1.807) is 4.90 Å². The largest absolute Gasteiger partial charge is 0.462 e. The number of carbonyl (C=O) groups excluding carboxylic acids is 1. The van der Waals surface area contributed by atoms with Gasteiger partial charge in [-0.3, -0.25) is 4.79 Å². The number of amides is 1. The number of hydrogen-bond donors (Lipinski definition) is 2. The van der Waals surface area contributed by atoms with Crippen LogP contribution in [0.4, 0.5) is 11.5 Å². The zero-order valence-electron chi connectivity index (χ0n) is 26.7. The first-order valence-electron chi connectivity index (χ1n) is 15.1. The Labute approximate surface area is 298 Å². The Balaban J connectivity index is 0.000000563. The molecular weight excluding hydrogens is 654 g/mol. The van der Waals surface area contributed by atoms with Gasteiger partial charge in [0, 0.05) is 41.8 Å². The lowest BCUT2D eigenvalue weighted by Crippen LogP contribution is -2.38. The molecule has 2 aliphatic heterocycles. The molecule has 1 saturated heterocycles. The maximum absolute atomic E-state index is 11.5. The number of aliphatic hydroxyl groups is 1. The minimum atomic E-state index is -0.155. The van der Waals surface area contributed by atoms with Gasteiger partial charge in [0.1, 0.15) is 18.5 Å². The van der Waals surface area contributed by atoms with Crippen molar-refractivity contribution in [1.29, 1.82) is 0 Å². The topological polar surface area (TPSA) is 112 Å². The van der Waals surface area contributed by atoms with Crippen LogP contribution in [0.15, 0.2) is 48.6 Å². The van der Waals surface area contributed by atoms with E-state index in [2.05, 4.69) is 50.9 Å². The van der Waals surface area contributed by atoms with E-state index in [0.717, 1.165) is 58.7 Å². The summed E-state index contributed by atoms with van der Waals surface area (Å²) in [5, 5.41) is 11.5. The summed E-state index contributed by atoms with van der Waals surface area (Å²) < 4.78 is 5.95. The summed E-state index contributed by atoms with van der Waals surface area (Å²) >= 11 is 6.55. The Morgan fingerprint density at radius 1 is 1.26 bits per heavy atom. The van der Waals surface area contributed by atoms with Gasteiger partial charge in [0.2, 0.25) is 12.5 Å². The first-order chi connectivity index (χ1) is 21.3. The number of halogens is 1. The summed E-state index contributed by atoms with van der Waals surface area (Å²) in [6.45, 7) is 14.4. The van der Waals surface area contributed by atoms with Crippen molar-refractivity contribution in [3.8, 4) is 6.01 Å². The molecular formula is C34H50ClN7O3S2. The lowest BCUT2D eigenvalue weighted by atomic mass is 10.0. The fourth-order valence-electron chi connectivity index (χ4n) is 5.77. The molecule has 0 radical (unpaired) electrons. The monoisotopic (exact) mass is 703 g/mol. The van der Waals surface area contributed by atoms with Gasteiger partial charge >= 0.3 is 6.01 Å². The van der Waals surface area contributed by atoms with Crippen molar-refractivity contribution < 1.29 is 14.6 Å². The Morgan fingerprint density at radius 2 is 1.98 bits per heavy atom. The molecule has 0 unspecified atom stereocenters. The molecule has 0 spiro atoms. The molecule has 1 aromatic heterocycles. The second-order valence-corrected chi connectivity index (χ2v) is 11.5. The summed E-state index contributed by atoms with van der Waals surface area (Å²) in [6, 6.07) is 13.0. The summed E-state index contributed by atoms with van der Waals surface area (Å²) in [7, 11) is 2.14. The number of nitrogen functional groups attached to an aromatic ring is 1. The van der Waals surface area contributed by atoms with Crippen LogP contribution in [0, 0.1) is 6.57 Å². The number of ether oxygens (including phenoxy) is 1. The molecule has 3 aromatic rings. The van der Waals surface area contributed by atoms with E-state index in [1.807, 2.05) is 26.0 Å². The maximum Gasteiger partial charge on any atom is 0.318 e. The van der Waals surface area contributed by atoms with Gasteiger partial charge in [0.15, 0.2) is 0 Å². The minimum absolute atomic E-state index is 0. The van der Waals surface area contributed by atoms with Gasteiger partial charge in [0.25, 0.3) is 0 Å². The van der Waals surface area contributed by atoms with E-state index in [1.165, 1.54) is 18.6 Å². The first-order valence-corrected chi connectivity index (χ1v) is 15.5. The second-order valence-electron chi connectivity index (χ2n) is 11.1. The number of aromatic nitrogens is 2.